The van der Waals surface area contributed by atoms with Gasteiger partial charge in [-0.2, -0.15) is 0 Å². The average molecular weight is 428 g/mol. The second-order valence-electron chi connectivity index (χ2n) is 7.98. The first-order valence-electron chi connectivity index (χ1n) is 10.9. The SMILES string of the molecule is CCNC(=NCc1csc(CCc2ccccc2)n1)NC1CCN(C(=O)C(C)C)C1. The summed E-state index contributed by atoms with van der Waals surface area (Å²) in [6, 6.07) is 10.8. The third kappa shape index (κ3) is 6.55. The quantitative estimate of drug-likeness (QED) is 0.501. The Morgan fingerprint density at radius 3 is 2.83 bits per heavy atom. The molecule has 3 rings (SSSR count). The molecule has 6 nitrogen and oxygen atoms in total. The molecule has 0 radical (unpaired) electrons. The van der Waals surface area contributed by atoms with Gasteiger partial charge in [-0.1, -0.05) is 44.2 Å². The number of likely N-dealkylation sites (tertiary alicyclic amines) is 1. The Morgan fingerprint density at radius 1 is 1.30 bits per heavy atom. The van der Waals surface area contributed by atoms with Crippen molar-refractivity contribution in [3.05, 3.63) is 52.0 Å². The summed E-state index contributed by atoms with van der Waals surface area (Å²) in [6.45, 7) is 8.87. The molecular formula is C23H33N5OS. The Balaban J connectivity index is 1.51. The highest BCUT2D eigenvalue weighted by molar-refractivity contribution is 7.09. The van der Waals surface area contributed by atoms with E-state index in [9.17, 15) is 4.79 Å². The van der Waals surface area contributed by atoms with Crippen molar-refractivity contribution in [1.82, 2.24) is 20.5 Å². The third-order valence-electron chi connectivity index (χ3n) is 5.15. The highest BCUT2D eigenvalue weighted by Crippen LogP contribution is 2.15. The van der Waals surface area contributed by atoms with E-state index in [1.165, 1.54) is 5.56 Å². The summed E-state index contributed by atoms with van der Waals surface area (Å²) < 4.78 is 0. The topological polar surface area (TPSA) is 69.6 Å². The predicted octanol–water partition coefficient (Wildman–Crippen LogP) is 3.24. The number of guanidine groups is 1. The predicted molar refractivity (Wildman–Crippen MR) is 124 cm³/mol. The number of nitrogens with zero attached hydrogens (tertiary/aromatic N) is 3. The minimum atomic E-state index is 0.0476. The van der Waals surface area contributed by atoms with E-state index < -0.39 is 0 Å². The normalized spacial score (nSPS) is 16.9. The smallest absolute Gasteiger partial charge is 0.225 e. The van der Waals surface area contributed by atoms with E-state index in [1.807, 2.05) is 24.8 Å². The van der Waals surface area contributed by atoms with Crippen LogP contribution in [0.1, 0.15) is 43.5 Å². The molecule has 7 heteroatoms. The number of aliphatic imine (C=N–C) groups is 1. The molecule has 1 saturated heterocycles. The van der Waals surface area contributed by atoms with E-state index in [0.29, 0.717) is 6.54 Å². The minimum absolute atomic E-state index is 0.0476. The molecule has 2 N–H and O–H groups in total. The van der Waals surface area contributed by atoms with Crippen molar-refractivity contribution in [2.24, 2.45) is 10.9 Å². The van der Waals surface area contributed by atoms with E-state index in [0.717, 1.165) is 55.6 Å². The molecule has 1 aliphatic rings. The molecule has 0 bridgehead atoms. The monoisotopic (exact) mass is 427 g/mol. The summed E-state index contributed by atoms with van der Waals surface area (Å²) in [5.74, 6) is 1.07. The second-order valence-corrected chi connectivity index (χ2v) is 8.92. The molecule has 1 fully saturated rings. The summed E-state index contributed by atoms with van der Waals surface area (Å²) in [4.78, 5) is 23.6. The van der Waals surface area contributed by atoms with Gasteiger partial charge < -0.3 is 15.5 Å². The molecule has 1 unspecified atom stereocenters. The molecule has 0 aliphatic carbocycles. The van der Waals surface area contributed by atoms with Crippen molar-refractivity contribution in [3.8, 4) is 0 Å². The lowest BCUT2D eigenvalue weighted by Gasteiger charge is -2.20. The molecule has 1 aromatic carbocycles. The number of benzene rings is 1. The van der Waals surface area contributed by atoms with E-state index in [1.54, 1.807) is 11.3 Å². The largest absolute Gasteiger partial charge is 0.357 e. The number of amides is 1. The molecule has 1 amide bonds. The highest BCUT2D eigenvalue weighted by atomic mass is 32.1. The van der Waals surface area contributed by atoms with Crippen LogP contribution in [0.4, 0.5) is 0 Å². The van der Waals surface area contributed by atoms with Gasteiger partial charge in [-0.05, 0) is 25.3 Å². The van der Waals surface area contributed by atoms with Crippen LogP contribution < -0.4 is 10.6 Å². The van der Waals surface area contributed by atoms with Crippen LogP contribution in [-0.2, 0) is 24.2 Å². The summed E-state index contributed by atoms with van der Waals surface area (Å²) in [5.41, 5.74) is 2.34. The highest BCUT2D eigenvalue weighted by Gasteiger charge is 2.27. The third-order valence-corrected chi connectivity index (χ3v) is 6.11. The first-order chi connectivity index (χ1) is 14.5. The lowest BCUT2D eigenvalue weighted by atomic mass is 10.1. The van der Waals surface area contributed by atoms with Gasteiger partial charge in [-0.3, -0.25) is 4.79 Å². The van der Waals surface area contributed by atoms with Crippen molar-refractivity contribution in [2.45, 2.75) is 52.6 Å². The maximum absolute atomic E-state index is 12.2. The van der Waals surface area contributed by atoms with Crippen LogP contribution in [0.25, 0.3) is 0 Å². The molecule has 2 heterocycles. The van der Waals surface area contributed by atoms with Crippen molar-refractivity contribution in [1.29, 1.82) is 0 Å². The molecule has 0 spiro atoms. The number of carbonyl (C=O) groups is 1. The number of hydrogen-bond donors (Lipinski definition) is 2. The van der Waals surface area contributed by atoms with Crippen LogP contribution in [-0.4, -0.2) is 47.4 Å². The lowest BCUT2D eigenvalue weighted by molar-refractivity contribution is -0.133. The Bertz CT molecular complexity index is 833. The Labute approximate surface area is 183 Å². The van der Waals surface area contributed by atoms with Gasteiger partial charge in [0.2, 0.25) is 5.91 Å². The zero-order chi connectivity index (χ0) is 21.3. The standard InChI is InChI=1S/C23H33N5OS/c1-4-24-23(27-19-12-13-28(15-19)22(29)17(2)3)25-14-20-16-30-21(26-20)11-10-18-8-6-5-7-9-18/h5-9,16-17,19H,4,10-15H2,1-3H3,(H2,24,25,27). The van der Waals surface area contributed by atoms with Crippen molar-refractivity contribution < 1.29 is 4.79 Å². The van der Waals surface area contributed by atoms with Crippen LogP contribution in [0, 0.1) is 5.92 Å². The Kier molecular flexibility index (Phi) is 8.25. The molecule has 1 atom stereocenters. The summed E-state index contributed by atoms with van der Waals surface area (Å²) in [7, 11) is 0. The molecule has 2 aromatic rings. The van der Waals surface area contributed by atoms with Gasteiger partial charge in [0, 0.05) is 43.4 Å². The summed E-state index contributed by atoms with van der Waals surface area (Å²) >= 11 is 1.71. The van der Waals surface area contributed by atoms with Crippen LogP contribution in [0.5, 0.6) is 0 Å². The number of rotatable bonds is 8. The van der Waals surface area contributed by atoms with Crippen molar-refractivity contribution in [3.63, 3.8) is 0 Å². The van der Waals surface area contributed by atoms with Gasteiger partial charge in [-0.15, -0.1) is 11.3 Å². The fourth-order valence-electron chi connectivity index (χ4n) is 3.55. The molecular weight excluding hydrogens is 394 g/mol. The molecule has 1 aliphatic heterocycles. The fraction of sp³-hybridized carbons (Fsp3) is 0.522. The van der Waals surface area contributed by atoms with Gasteiger partial charge >= 0.3 is 0 Å². The first kappa shape index (κ1) is 22.3. The van der Waals surface area contributed by atoms with Crippen molar-refractivity contribution >= 4 is 23.2 Å². The number of carbonyl (C=O) groups excluding carboxylic acids is 1. The average Bonchev–Trinajstić information content (AvgIpc) is 3.40. The van der Waals surface area contributed by atoms with Crippen LogP contribution in [0.15, 0.2) is 40.7 Å². The number of aryl methyl sites for hydroxylation is 2. The van der Waals surface area contributed by atoms with E-state index in [2.05, 4.69) is 47.2 Å². The molecule has 162 valence electrons. The fourth-order valence-corrected chi connectivity index (χ4v) is 4.34. The molecule has 1 aromatic heterocycles. The number of aromatic nitrogens is 1. The first-order valence-corrected chi connectivity index (χ1v) is 11.7. The van der Waals surface area contributed by atoms with Crippen LogP contribution in [0.2, 0.25) is 0 Å². The number of nitrogens with one attached hydrogen (secondary N) is 2. The summed E-state index contributed by atoms with van der Waals surface area (Å²) in [6.07, 6.45) is 2.91. The molecule has 0 saturated carbocycles. The van der Waals surface area contributed by atoms with Gasteiger partial charge in [-0.25, -0.2) is 9.98 Å². The zero-order valence-corrected chi connectivity index (χ0v) is 19.0. The Morgan fingerprint density at radius 2 is 2.10 bits per heavy atom. The van der Waals surface area contributed by atoms with E-state index in [4.69, 9.17) is 9.98 Å². The number of thiazole rings is 1. The van der Waals surface area contributed by atoms with E-state index in [-0.39, 0.29) is 17.9 Å². The minimum Gasteiger partial charge on any atom is -0.357 e. The molecule has 30 heavy (non-hydrogen) atoms. The number of hydrogen-bond acceptors (Lipinski definition) is 4. The van der Waals surface area contributed by atoms with Crippen molar-refractivity contribution in [2.75, 3.05) is 19.6 Å². The van der Waals surface area contributed by atoms with Gasteiger partial charge in [0.05, 0.1) is 17.2 Å². The van der Waals surface area contributed by atoms with Crippen LogP contribution in [0.3, 0.4) is 0 Å². The van der Waals surface area contributed by atoms with Gasteiger partial charge in [0.15, 0.2) is 5.96 Å². The van der Waals surface area contributed by atoms with Gasteiger partial charge in [0.1, 0.15) is 0 Å². The summed E-state index contributed by atoms with van der Waals surface area (Å²) in [5, 5.41) is 10.1. The van der Waals surface area contributed by atoms with E-state index >= 15 is 0 Å². The maximum atomic E-state index is 12.2. The second kappa shape index (κ2) is 11.1. The Hall–Kier alpha value is -2.41. The zero-order valence-electron chi connectivity index (χ0n) is 18.2. The lowest BCUT2D eigenvalue weighted by Crippen LogP contribution is -2.45. The maximum Gasteiger partial charge on any atom is 0.225 e. The van der Waals surface area contributed by atoms with Crippen LogP contribution >= 0.6 is 11.3 Å². The van der Waals surface area contributed by atoms with Gasteiger partial charge in [0.25, 0.3) is 0 Å².